The molecule has 2 aromatic carbocycles. The predicted molar refractivity (Wildman–Crippen MR) is 146 cm³/mol. The average molecular weight is 542 g/mol. The largest absolute Gasteiger partial charge is 0.508 e. The highest BCUT2D eigenvalue weighted by molar-refractivity contribution is 5.92. The molecule has 0 saturated heterocycles. The Hall–Kier alpha value is -4.08. The SMILES string of the molecule is CN(C(=O)CNC(=O)OC(C)(C)C)C(C(=O)NC(Cc1ccccc1)C(=O)OC(C)(C)C)c1cccc(O)c1. The van der Waals surface area contributed by atoms with E-state index in [4.69, 9.17) is 9.47 Å². The van der Waals surface area contributed by atoms with Crippen molar-refractivity contribution in [3.05, 3.63) is 65.7 Å². The van der Waals surface area contributed by atoms with Crippen LogP contribution in [0.25, 0.3) is 0 Å². The van der Waals surface area contributed by atoms with Gasteiger partial charge in [0.15, 0.2) is 0 Å². The molecular formula is C29H39N3O7. The van der Waals surface area contributed by atoms with Gasteiger partial charge >= 0.3 is 12.1 Å². The van der Waals surface area contributed by atoms with Crippen LogP contribution in [0.5, 0.6) is 5.75 Å². The molecule has 10 heteroatoms. The monoisotopic (exact) mass is 541 g/mol. The zero-order valence-corrected chi connectivity index (χ0v) is 23.6. The van der Waals surface area contributed by atoms with E-state index in [1.807, 2.05) is 30.3 Å². The third-order valence-electron chi connectivity index (χ3n) is 5.29. The summed E-state index contributed by atoms with van der Waals surface area (Å²) in [7, 11) is 1.40. The molecule has 0 spiro atoms. The molecule has 0 fully saturated rings. The van der Waals surface area contributed by atoms with E-state index in [0.717, 1.165) is 10.5 Å². The molecule has 2 rings (SSSR count). The number of nitrogens with one attached hydrogen (secondary N) is 2. The van der Waals surface area contributed by atoms with Crippen molar-refractivity contribution in [3.63, 3.8) is 0 Å². The van der Waals surface area contributed by atoms with Gasteiger partial charge in [0, 0.05) is 13.5 Å². The van der Waals surface area contributed by atoms with Crippen LogP contribution in [0.15, 0.2) is 54.6 Å². The molecule has 2 unspecified atom stereocenters. The van der Waals surface area contributed by atoms with Crippen LogP contribution < -0.4 is 10.6 Å². The fraction of sp³-hybridized carbons (Fsp3) is 0.448. The number of rotatable bonds is 9. The molecule has 212 valence electrons. The second-order valence-electron chi connectivity index (χ2n) is 11.1. The molecule has 0 aliphatic rings. The van der Waals surface area contributed by atoms with Crippen LogP contribution in [0.3, 0.4) is 0 Å². The topological polar surface area (TPSA) is 134 Å². The normalized spacial score (nSPS) is 13.0. The fourth-order valence-corrected chi connectivity index (χ4v) is 3.64. The number of hydrogen-bond donors (Lipinski definition) is 3. The molecular weight excluding hydrogens is 502 g/mol. The van der Waals surface area contributed by atoms with Crippen LogP contribution >= 0.6 is 0 Å². The molecule has 10 nitrogen and oxygen atoms in total. The number of amides is 3. The molecule has 2 atom stereocenters. The molecule has 3 N–H and O–H groups in total. The number of aromatic hydroxyl groups is 1. The fourth-order valence-electron chi connectivity index (χ4n) is 3.64. The Morgan fingerprint density at radius 1 is 0.897 bits per heavy atom. The summed E-state index contributed by atoms with van der Waals surface area (Å²) in [6.45, 7) is 9.83. The zero-order valence-electron chi connectivity index (χ0n) is 23.6. The minimum Gasteiger partial charge on any atom is -0.508 e. The molecule has 0 heterocycles. The predicted octanol–water partition coefficient (Wildman–Crippen LogP) is 3.49. The zero-order chi connectivity index (χ0) is 29.4. The van der Waals surface area contributed by atoms with Crippen molar-refractivity contribution in [3.8, 4) is 5.75 Å². The minimum absolute atomic E-state index is 0.106. The number of esters is 1. The van der Waals surface area contributed by atoms with E-state index in [0.29, 0.717) is 5.56 Å². The maximum absolute atomic E-state index is 13.7. The molecule has 0 aliphatic heterocycles. The lowest BCUT2D eigenvalue weighted by Crippen LogP contribution is -2.51. The van der Waals surface area contributed by atoms with E-state index in [9.17, 15) is 24.3 Å². The third kappa shape index (κ3) is 10.7. The number of carbonyl (C=O) groups excluding carboxylic acids is 4. The van der Waals surface area contributed by atoms with Gasteiger partial charge in [-0.05, 0) is 64.8 Å². The van der Waals surface area contributed by atoms with E-state index >= 15 is 0 Å². The van der Waals surface area contributed by atoms with Crippen molar-refractivity contribution in [2.24, 2.45) is 0 Å². The van der Waals surface area contributed by atoms with E-state index in [1.54, 1.807) is 47.6 Å². The number of hydrogen-bond acceptors (Lipinski definition) is 7. The maximum Gasteiger partial charge on any atom is 0.408 e. The summed E-state index contributed by atoms with van der Waals surface area (Å²) in [6.07, 6.45) is -0.623. The van der Waals surface area contributed by atoms with Crippen LogP contribution in [0, 0.1) is 0 Å². The van der Waals surface area contributed by atoms with Crippen molar-refractivity contribution in [2.45, 2.75) is 71.2 Å². The summed E-state index contributed by atoms with van der Waals surface area (Å²) in [5.41, 5.74) is -0.434. The van der Waals surface area contributed by atoms with Gasteiger partial charge in [-0.25, -0.2) is 9.59 Å². The Morgan fingerprint density at radius 3 is 2.08 bits per heavy atom. The van der Waals surface area contributed by atoms with Crippen molar-refractivity contribution < 1.29 is 33.8 Å². The lowest BCUT2D eigenvalue weighted by Gasteiger charge is -2.30. The Balaban J connectivity index is 2.32. The molecule has 2 aromatic rings. The van der Waals surface area contributed by atoms with Gasteiger partial charge in [-0.2, -0.15) is 0 Å². The van der Waals surface area contributed by atoms with Gasteiger partial charge in [-0.1, -0.05) is 42.5 Å². The van der Waals surface area contributed by atoms with Gasteiger partial charge in [-0.15, -0.1) is 0 Å². The second kappa shape index (κ2) is 13.1. The number of ether oxygens (including phenoxy) is 2. The minimum atomic E-state index is -1.23. The van der Waals surface area contributed by atoms with Gasteiger partial charge in [0.1, 0.15) is 35.6 Å². The van der Waals surface area contributed by atoms with Gasteiger partial charge in [0.05, 0.1) is 0 Å². The molecule has 3 amide bonds. The highest BCUT2D eigenvalue weighted by Gasteiger charge is 2.34. The average Bonchev–Trinajstić information content (AvgIpc) is 2.80. The highest BCUT2D eigenvalue weighted by atomic mass is 16.6. The van der Waals surface area contributed by atoms with Gasteiger partial charge in [0.25, 0.3) is 0 Å². The number of benzene rings is 2. The quantitative estimate of drug-likeness (QED) is 0.414. The first-order chi connectivity index (χ1) is 18.1. The van der Waals surface area contributed by atoms with Crippen LogP contribution in [-0.4, -0.2) is 64.7 Å². The van der Waals surface area contributed by atoms with E-state index in [-0.39, 0.29) is 12.2 Å². The van der Waals surface area contributed by atoms with Crippen molar-refractivity contribution in [1.29, 1.82) is 0 Å². The van der Waals surface area contributed by atoms with Gasteiger partial charge in [-0.3, -0.25) is 9.59 Å². The lowest BCUT2D eigenvalue weighted by atomic mass is 10.0. The number of alkyl carbamates (subject to hydrolysis) is 1. The van der Waals surface area contributed by atoms with Crippen molar-refractivity contribution >= 4 is 23.9 Å². The third-order valence-corrected chi connectivity index (χ3v) is 5.29. The molecule has 0 aliphatic carbocycles. The van der Waals surface area contributed by atoms with E-state index < -0.39 is 53.7 Å². The lowest BCUT2D eigenvalue weighted by molar-refractivity contribution is -0.159. The van der Waals surface area contributed by atoms with Crippen molar-refractivity contribution in [1.82, 2.24) is 15.5 Å². The summed E-state index contributed by atoms with van der Waals surface area (Å²) >= 11 is 0. The molecule has 0 radical (unpaired) electrons. The Labute approximate surface area is 229 Å². The first kappa shape index (κ1) is 31.1. The smallest absolute Gasteiger partial charge is 0.408 e. The summed E-state index contributed by atoms with van der Waals surface area (Å²) < 4.78 is 10.7. The first-order valence-corrected chi connectivity index (χ1v) is 12.6. The van der Waals surface area contributed by atoms with Gasteiger partial charge < -0.3 is 30.1 Å². The molecule has 39 heavy (non-hydrogen) atoms. The van der Waals surface area contributed by atoms with Crippen LogP contribution in [0.4, 0.5) is 4.79 Å². The summed E-state index contributed by atoms with van der Waals surface area (Å²) in [5.74, 6) is -2.00. The number of nitrogens with zero attached hydrogens (tertiary/aromatic N) is 1. The Bertz CT molecular complexity index is 1150. The molecule has 0 bridgehead atoms. The van der Waals surface area contributed by atoms with Crippen LogP contribution in [0.1, 0.15) is 58.7 Å². The van der Waals surface area contributed by atoms with Gasteiger partial charge in [0.2, 0.25) is 11.8 Å². The number of phenolic OH excluding ortho intramolecular Hbond substituents is 1. The highest BCUT2D eigenvalue weighted by Crippen LogP contribution is 2.24. The molecule has 0 aromatic heterocycles. The Morgan fingerprint density at radius 2 is 1.51 bits per heavy atom. The van der Waals surface area contributed by atoms with Crippen LogP contribution in [0.2, 0.25) is 0 Å². The maximum atomic E-state index is 13.7. The summed E-state index contributed by atoms with van der Waals surface area (Å²) in [6, 6.07) is 12.8. The van der Waals surface area contributed by atoms with Crippen molar-refractivity contribution in [2.75, 3.05) is 13.6 Å². The second-order valence-corrected chi connectivity index (χ2v) is 11.1. The van der Waals surface area contributed by atoms with E-state index in [2.05, 4.69) is 10.6 Å². The molecule has 0 saturated carbocycles. The summed E-state index contributed by atoms with van der Waals surface area (Å²) in [4.78, 5) is 53.0. The first-order valence-electron chi connectivity index (χ1n) is 12.6. The Kier molecular flexibility index (Phi) is 10.5. The standard InChI is InChI=1S/C29H39N3O7/c1-28(2,3)38-26(36)22(16-19-12-9-8-10-13-19)31-25(35)24(20-14-11-15-21(33)17-20)32(7)23(34)18-30-27(37)39-29(4,5)6/h8-15,17,22,24,33H,16,18H2,1-7H3,(H,30,37)(H,31,35). The number of phenols is 1. The van der Waals surface area contributed by atoms with Crippen LogP contribution in [-0.2, 0) is 30.3 Å². The summed E-state index contributed by atoms with van der Waals surface area (Å²) in [5, 5.41) is 15.2. The van der Waals surface area contributed by atoms with E-state index in [1.165, 1.54) is 25.2 Å². The number of carbonyl (C=O) groups is 4. The number of likely N-dealkylation sites (N-methyl/N-ethyl adjacent to an activating group) is 1.